The highest BCUT2D eigenvalue weighted by atomic mass is 79.9. The predicted molar refractivity (Wildman–Crippen MR) is 71.6 cm³/mol. The van der Waals surface area contributed by atoms with E-state index >= 15 is 0 Å². The van der Waals surface area contributed by atoms with Crippen molar-refractivity contribution in [2.75, 3.05) is 0 Å². The molecule has 3 rings (SSSR count). The number of benzene rings is 1. The Kier molecular flexibility index (Phi) is 2.37. The number of hydrogen-bond acceptors (Lipinski definition) is 1. The first-order valence-electron chi connectivity index (χ1n) is 5.21. The molecule has 0 saturated carbocycles. The smallest absolute Gasteiger partial charge is 0.255 e. The zero-order valence-corrected chi connectivity index (χ0v) is 10.4. The number of H-pyrrole nitrogens is 1. The Labute approximate surface area is 106 Å². The Hall–Kier alpha value is -1.81. The summed E-state index contributed by atoms with van der Waals surface area (Å²) in [6.45, 7) is 0. The minimum absolute atomic E-state index is 0.0364. The molecule has 84 valence electrons. The van der Waals surface area contributed by atoms with Crippen molar-refractivity contribution in [2.24, 2.45) is 0 Å². The van der Waals surface area contributed by atoms with E-state index in [1.807, 2.05) is 30.5 Å². The summed E-state index contributed by atoms with van der Waals surface area (Å²) in [7, 11) is 0. The molecule has 17 heavy (non-hydrogen) atoms. The van der Waals surface area contributed by atoms with Crippen LogP contribution in [0.2, 0.25) is 0 Å². The fourth-order valence-electron chi connectivity index (χ4n) is 1.93. The average molecular weight is 289 g/mol. The van der Waals surface area contributed by atoms with Crippen LogP contribution in [0.3, 0.4) is 0 Å². The van der Waals surface area contributed by atoms with Crippen molar-refractivity contribution in [2.45, 2.75) is 0 Å². The molecular weight excluding hydrogens is 280 g/mol. The number of aromatic nitrogens is 2. The zero-order valence-electron chi connectivity index (χ0n) is 8.85. The van der Waals surface area contributed by atoms with Crippen LogP contribution in [0.15, 0.2) is 58.1 Å². The Morgan fingerprint density at radius 2 is 2.00 bits per heavy atom. The second kappa shape index (κ2) is 3.89. The van der Waals surface area contributed by atoms with E-state index in [9.17, 15) is 4.79 Å². The lowest BCUT2D eigenvalue weighted by molar-refractivity contribution is 0.996. The van der Waals surface area contributed by atoms with Crippen LogP contribution < -0.4 is 5.56 Å². The molecule has 0 aliphatic heterocycles. The minimum Gasteiger partial charge on any atom is -0.359 e. The topological polar surface area (TPSA) is 37.8 Å². The van der Waals surface area contributed by atoms with Gasteiger partial charge in [0.05, 0.1) is 11.2 Å². The summed E-state index contributed by atoms with van der Waals surface area (Å²) in [5.41, 5.74) is 1.78. The van der Waals surface area contributed by atoms with Gasteiger partial charge in [0, 0.05) is 28.3 Å². The van der Waals surface area contributed by atoms with E-state index < -0.39 is 0 Å². The second-order valence-corrected chi connectivity index (χ2v) is 4.60. The number of fused-ring (bicyclic) bond motifs is 1. The Morgan fingerprint density at radius 1 is 1.12 bits per heavy atom. The van der Waals surface area contributed by atoms with Gasteiger partial charge in [0.25, 0.3) is 5.56 Å². The molecule has 0 saturated heterocycles. The van der Waals surface area contributed by atoms with E-state index in [-0.39, 0.29) is 5.56 Å². The van der Waals surface area contributed by atoms with E-state index in [0.29, 0.717) is 0 Å². The van der Waals surface area contributed by atoms with Crippen molar-refractivity contribution in [1.82, 2.24) is 9.55 Å². The summed E-state index contributed by atoms with van der Waals surface area (Å²) < 4.78 is 2.65. The maximum atomic E-state index is 11.8. The fraction of sp³-hybridized carbons (Fsp3) is 0. The van der Waals surface area contributed by atoms with Crippen LogP contribution in [0.1, 0.15) is 0 Å². The first kappa shape index (κ1) is 10.4. The quantitative estimate of drug-likeness (QED) is 0.734. The summed E-state index contributed by atoms with van der Waals surface area (Å²) in [6.07, 6.45) is 3.64. The molecule has 3 nitrogen and oxygen atoms in total. The maximum absolute atomic E-state index is 11.8. The molecule has 0 radical (unpaired) electrons. The molecule has 4 heteroatoms. The number of nitrogens with one attached hydrogen (secondary N) is 1. The van der Waals surface area contributed by atoms with Crippen LogP contribution in [0.4, 0.5) is 0 Å². The molecule has 0 aliphatic carbocycles. The first-order chi connectivity index (χ1) is 8.27. The normalized spacial score (nSPS) is 10.9. The lowest BCUT2D eigenvalue weighted by atomic mass is 10.2. The highest BCUT2D eigenvalue weighted by molar-refractivity contribution is 9.10. The van der Waals surface area contributed by atoms with Gasteiger partial charge in [-0.3, -0.25) is 9.36 Å². The maximum Gasteiger partial charge on any atom is 0.255 e. The number of pyridine rings is 1. The number of aromatic amines is 1. The van der Waals surface area contributed by atoms with Gasteiger partial charge in [0.15, 0.2) is 0 Å². The van der Waals surface area contributed by atoms with Crippen LogP contribution in [0.5, 0.6) is 0 Å². The first-order valence-corrected chi connectivity index (χ1v) is 6.00. The van der Waals surface area contributed by atoms with E-state index in [0.717, 1.165) is 21.1 Å². The van der Waals surface area contributed by atoms with Gasteiger partial charge in [-0.25, -0.2) is 0 Å². The summed E-state index contributed by atoms with van der Waals surface area (Å²) >= 11 is 3.49. The van der Waals surface area contributed by atoms with E-state index in [2.05, 4.69) is 20.9 Å². The van der Waals surface area contributed by atoms with Crippen LogP contribution in [0, 0.1) is 0 Å². The standard InChI is InChI=1S/C13H9BrN2O/c14-10-4-5-11(13-9(10)6-7-15-13)16-8-2-1-3-12(16)17/h1-8,15H. The summed E-state index contributed by atoms with van der Waals surface area (Å²) in [5.74, 6) is 0. The Morgan fingerprint density at radius 3 is 2.82 bits per heavy atom. The molecule has 2 aromatic heterocycles. The second-order valence-electron chi connectivity index (χ2n) is 3.74. The molecule has 1 aromatic carbocycles. The highest BCUT2D eigenvalue weighted by Gasteiger charge is 2.07. The molecule has 0 atom stereocenters. The summed E-state index contributed by atoms with van der Waals surface area (Å²) in [6, 6.07) is 11.0. The van der Waals surface area contributed by atoms with Gasteiger partial charge < -0.3 is 4.98 Å². The number of rotatable bonds is 1. The van der Waals surface area contributed by atoms with Crippen molar-refractivity contribution < 1.29 is 0 Å². The average Bonchev–Trinajstić information content (AvgIpc) is 2.81. The molecular formula is C13H9BrN2O. The molecule has 0 unspecified atom stereocenters. The summed E-state index contributed by atoms with van der Waals surface area (Å²) in [4.78, 5) is 15.0. The zero-order chi connectivity index (χ0) is 11.8. The predicted octanol–water partition coefficient (Wildman–Crippen LogP) is 3.08. The molecule has 0 fully saturated rings. The van der Waals surface area contributed by atoms with Crippen LogP contribution >= 0.6 is 15.9 Å². The third kappa shape index (κ3) is 1.61. The monoisotopic (exact) mass is 288 g/mol. The number of nitrogens with zero attached hydrogens (tertiary/aromatic N) is 1. The largest absolute Gasteiger partial charge is 0.359 e. The van der Waals surface area contributed by atoms with Gasteiger partial charge >= 0.3 is 0 Å². The van der Waals surface area contributed by atoms with E-state index in [1.54, 1.807) is 22.9 Å². The van der Waals surface area contributed by atoms with Gasteiger partial charge in [-0.1, -0.05) is 22.0 Å². The SMILES string of the molecule is O=c1ccccn1-c1ccc(Br)c2cc[nH]c12. The molecule has 0 aliphatic rings. The van der Waals surface area contributed by atoms with Crippen LogP contribution in [0.25, 0.3) is 16.6 Å². The van der Waals surface area contributed by atoms with Gasteiger partial charge in [-0.05, 0) is 24.3 Å². The third-order valence-corrected chi connectivity index (χ3v) is 3.42. The lowest BCUT2D eigenvalue weighted by Gasteiger charge is -2.07. The van der Waals surface area contributed by atoms with Gasteiger partial charge in [-0.2, -0.15) is 0 Å². The van der Waals surface area contributed by atoms with Crippen LogP contribution in [-0.2, 0) is 0 Å². The Bertz CT molecular complexity index is 742. The van der Waals surface area contributed by atoms with Gasteiger partial charge in [0.2, 0.25) is 0 Å². The van der Waals surface area contributed by atoms with Crippen molar-refractivity contribution in [3.05, 3.63) is 63.6 Å². The molecule has 2 heterocycles. The van der Waals surface area contributed by atoms with E-state index in [4.69, 9.17) is 0 Å². The van der Waals surface area contributed by atoms with Crippen LogP contribution in [-0.4, -0.2) is 9.55 Å². The van der Waals surface area contributed by atoms with Crippen molar-refractivity contribution in [3.8, 4) is 5.69 Å². The molecule has 0 spiro atoms. The lowest BCUT2D eigenvalue weighted by Crippen LogP contribution is -2.15. The number of halogens is 1. The molecule has 0 amide bonds. The van der Waals surface area contributed by atoms with E-state index in [1.165, 1.54) is 0 Å². The minimum atomic E-state index is -0.0364. The molecule has 0 bridgehead atoms. The molecule has 3 aromatic rings. The van der Waals surface area contributed by atoms with Crippen molar-refractivity contribution in [3.63, 3.8) is 0 Å². The highest BCUT2D eigenvalue weighted by Crippen LogP contribution is 2.27. The Balaban J connectivity index is 2.39. The van der Waals surface area contributed by atoms with Gasteiger partial charge in [0.1, 0.15) is 0 Å². The van der Waals surface area contributed by atoms with Crippen molar-refractivity contribution >= 4 is 26.8 Å². The third-order valence-electron chi connectivity index (χ3n) is 2.73. The fourth-order valence-corrected chi connectivity index (χ4v) is 2.40. The number of hydrogen-bond donors (Lipinski definition) is 1. The van der Waals surface area contributed by atoms with Crippen molar-refractivity contribution in [1.29, 1.82) is 0 Å². The van der Waals surface area contributed by atoms with Gasteiger partial charge in [-0.15, -0.1) is 0 Å². The molecule has 1 N–H and O–H groups in total. The summed E-state index contributed by atoms with van der Waals surface area (Å²) in [5, 5.41) is 1.07.